The molecule has 1 fully saturated rings. The number of halogens is 2. The Kier molecular flexibility index (Phi) is 5.55. The lowest BCUT2D eigenvalue weighted by atomic mass is 9.99. The van der Waals surface area contributed by atoms with Gasteiger partial charge in [0.05, 0.1) is 6.10 Å². The van der Waals surface area contributed by atoms with Crippen LogP contribution < -0.4 is 0 Å². The van der Waals surface area contributed by atoms with E-state index in [1.54, 1.807) is 0 Å². The van der Waals surface area contributed by atoms with Gasteiger partial charge in [-0.25, -0.2) is 4.39 Å². The molecule has 20 heavy (non-hydrogen) atoms. The Morgan fingerprint density at radius 3 is 2.80 bits per heavy atom. The third kappa shape index (κ3) is 4.52. The second-order valence-electron chi connectivity index (χ2n) is 5.77. The lowest BCUT2D eigenvalue weighted by Crippen LogP contribution is -2.51. The van der Waals surface area contributed by atoms with Crippen molar-refractivity contribution in [2.24, 2.45) is 0 Å². The zero-order valence-electron chi connectivity index (χ0n) is 12.0. The van der Waals surface area contributed by atoms with Crippen molar-refractivity contribution >= 4 is 15.9 Å². The van der Waals surface area contributed by atoms with E-state index < -0.39 is 6.10 Å². The van der Waals surface area contributed by atoms with E-state index in [0.29, 0.717) is 16.9 Å². The summed E-state index contributed by atoms with van der Waals surface area (Å²) in [5.41, 5.74) is 0.830. The molecule has 1 aliphatic rings. The first kappa shape index (κ1) is 15.9. The van der Waals surface area contributed by atoms with Crippen LogP contribution in [0, 0.1) is 5.82 Å². The van der Waals surface area contributed by atoms with Gasteiger partial charge in [0.25, 0.3) is 0 Å². The third-order valence-corrected chi connectivity index (χ3v) is 4.38. The molecule has 2 atom stereocenters. The average molecular weight is 345 g/mol. The van der Waals surface area contributed by atoms with Gasteiger partial charge in [-0.3, -0.25) is 0 Å². The number of benzene rings is 1. The van der Waals surface area contributed by atoms with Crippen molar-refractivity contribution in [3.8, 4) is 0 Å². The molecule has 112 valence electrons. The molecule has 0 radical (unpaired) electrons. The van der Waals surface area contributed by atoms with Crippen molar-refractivity contribution in [1.82, 2.24) is 9.80 Å². The molecule has 0 spiro atoms. The third-order valence-electron chi connectivity index (χ3n) is 3.92. The summed E-state index contributed by atoms with van der Waals surface area (Å²) < 4.78 is 14.0. The van der Waals surface area contributed by atoms with Gasteiger partial charge in [0.2, 0.25) is 0 Å². The maximum Gasteiger partial charge on any atom is 0.124 e. The number of nitrogens with zero attached hydrogens (tertiary/aromatic N) is 2. The number of likely N-dealkylation sites (N-methyl/N-ethyl adjacent to an activating group) is 2. The van der Waals surface area contributed by atoms with Gasteiger partial charge in [-0.05, 0) is 50.7 Å². The smallest absolute Gasteiger partial charge is 0.124 e. The minimum atomic E-state index is -0.442. The normalized spacial score (nSPS) is 22.9. The Bertz CT molecular complexity index is 437. The highest BCUT2D eigenvalue weighted by molar-refractivity contribution is 9.10. The summed E-state index contributed by atoms with van der Waals surface area (Å²) in [6.07, 6.45) is 0.766. The van der Waals surface area contributed by atoms with E-state index in [1.807, 2.05) is 6.07 Å². The lowest BCUT2D eigenvalue weighted by Gasteiger charge is -2.38. The highest BCUT2D eigenvalue weighted by atomic mass is 79.9. The molecule has 0 amide bonds. The summed E-state index contributed by atoms with van der Waals surface area (Å²) in [4.78, 5) is 4.58. The number of aliphatic hydroxyl groups excluding tert-OH is 1. The fraction of sp³-hybridized carbons (Fsp3) is 0.600. The first-order chi connectivity index (χ1) is 9.44. The molecule has 3 nitrogen and oxygen atoms in total. The van der Waals surface area contributed by atoms with Crippen molar-refractivity contribution in [3.05, 3.63) is 34.1 Å². The number of aliphatic hydroxyl groups is 1. The monoisotopic (exact) mass is 344 g/mol. The Hall–Kier alpha value is -0.490. The second kappa shape index (κ2) is 6.98. The summed E-state index contributed by atoms with van der Waals surface area (Å²) in [6, 6.07) is 5.15. The van der Waals surface area contributed by atoms with Crippen LogP contribution in [0.4, 0.5) is 4.39 Å². The van der Waals surface area contributed by atoms with Crippen molar-refractivity contribution < 1.29 is 9.50 Å². The fourth-order valence-corrected chi connectivity index (χ4v) is 3.27. The SMILES string of the molecule is CN1CCN(C)C(CC(O)Cc2cc(F)cc(Br)c2)C1. The molecule has 1 aromatic carbocycles. The summed E-state index contributed by atoms with van der Waals surface area (Å²) in [5.74, 6) is -0.268. The van der Waals surface area contributed by atoms with E-state index in [2.05, 4.69) is 39.8 Å². The van der Waals surface area contributed by atoms with Gasteiger partial charge in [-0.1, -0.05) is 15.9 Å². The first-order valence-electron chi connectivity index (χ1n) is 6.96. The molecule has 2 unspecified atom stereocenters. The molecule has 1 aliphatic heterocycles. The summed E-state index contributed by atoms with van der Waals surface area (Å²) >= 11 is 3.28. The Morgan fingerprint density at radius 2 is 2.10 bits per heavy atom. The lowest BCUT2D eigenvalue weighted by molar-refractivity contribution is 0.0638. The van der Waals surface area contributed by atoms with E-state index >= 15 is 0 Å². The van der Waals surface area contributed by atoms with E-state index in [1.165, 1.54) is 12.1 Å². The van der Waals surface area contributed by atoms with Crippen LogP contribution in [0.15, 0.2) is 22.7 Å². The predicted molar refractivity (Wildman–Crippen MR) is 82.3 cm³/mol. The Labute approximate surface area is 128 Å². The average Bonchev–Trinajstić information content (AvgIpc) is 2.32. The van der Waals surface area contributed by atoms with Crippen LogP contribution in [-0.2, 0) is 6.42 Å². The number of rotatable bonds is 4. The Balaban J connectivity index is 1.92. The summed E-state index contributed by atoms with van der Waals surface area (Å²) in [7, 11) is 4.21. The molecule has 1 saturated heterocycles. The minimum absolute atomic E-state index is 0.268. The molecule has 1 aromatic rings. The molecule has 0 bridgehead atoms. The van der Waals surface area contributed by atoms with Crippen LogP contribution in [0.3, 0.4) is 0 Å². The molecule has 2 rings (SSSR count). The molecular weight excluding hydrogens is 323 g/mol. The zero-order valence-corrected chi connectivity index (χ0v) is 13.6. The van der Waals surface area contributed by atoms with E-state index in [4.69, 9.17) is 0 Å². The molecule has 1 N–H and O–H groups in total. The van der Waals surface area contributed by atoms with Crippen molar-refractivity contribution in [1.29, 1.82) is 0 Å². The predicted octanol–water partition coefficient (Wildman–Crippen LogP) is 2.13. The number of piperazine rings is 1. The van der Waals surface area contributed by atoms with Gasteiger partial charge in [0.15, 0.2) is 0 Å². The molecule has 0 aromatic heterocycles. The molecule has 0 saturated carbocycles. The first-order valence-corrected chi connectivity index (χ1v) is 7.75. The van der Waals surface area contributed by atoms with E-state index in [0.717, 1.165) is 31.6 Å². The van der Waals surface area contributed by atoms with Gasteiger partial charge >= 0.3 is 0 Å². The largest absolute Gasteiger partial charge is 0.393 e. The fourth-order valence-electron chi connectivity index (χ4n) is 2.75. The van der Waals surface area contributed by atoms with Crippen LogP contribution in [0.5, 0.6) is 0 Å². The maximum atomic E-state index is 13.3. The van der Waals surface area contributed by atoms with Crippen LogP contribution in [0.25, 0.3) is 0 Å². The zero-order chi connectivity index (χ0) is 14.7. The van der Waals surface area contributed by atoms with Crippen LogP contribution in [-0.4, -0.2) is 60.8 Å². The highest BCUT2D eigenvalue weighted by Crippen LogP contribution is 2.19. The number of hydrogen-bond donors (Lipinski definition) is 1. The van der Waals surface area contributed by atoms with Gasteiger partial charge in [-0.15, -0.1) is 0 Å². The number of hydrogen-bond acceptors (Lipinski definition) is 3. The van der Waals surface area contributed by atoms with Crippen LogP contribution >= 0.6 is 15.9 Å². The molecule has 1 heterocycles. The standard InChI is InChI=1S/C15H22BrFN2O/c1-18-3-4-19(2)14(10-18)9-15(20)7-11-5-12(16)8-13(17)6-11/h5-6,8,14-15,20H,3-4,7,9-10H2,1-2H3. The Morgan fingerprint density at radius 1 is 1.35 bits per heavy atom. The van der Waals surface area contributed by atoms with Gasteiger partial charge in [0.1, 0.15) is 5.82 Å². The quantitative estimate of drug-likeness (QED) is 0.906. The van der Waals surface area contributed by atoms with E-state index in [-0.39, 0.29) is 5.82 Å². The summed E-state index contributed by atoms with van der Waals surface area (Å²) in [6.45, 7) is 3.07. The van der Waals surface area contributed by atoms with Crippen molar-refractivity contribution in [2.45, 2.75) is 25.0 Å². The van der Waals surface area contributed by atoms with Gasteiger partial charge < -0.3 is 14.9 Å². The topological polar surface area (TPSA) is 26.7 Å². The maximum absolute atomic E-state index is 13.3. The summed E-state index contributed by atoms with van der Waals surface area (Å²) in [5, 5.41) is 10.3. The van der Waals surface area contributed by atoms with Crippen molar-refractivity contribution in [3.63, 3.8) is 0 Å². The molecule has 0 aliphatic carbocycles. The molecule has 5 heteroatoms. The second-order valence-corrected chi connectivity index (χ2v) is 6.68. The highest BCUT2D eigenvalue weighted by Gasteiger charge is 2.24. The minimum Gasteiger partial charge on any atom is -0.393 e. The van der Waals surface area contributed by atoms with Crippen molar-refractivity contribution in [2.75, 3.05) is 33.7 Å². The molecular formula is C15H22BrFN2O. The van der Waals surface area contributed by atoms with Gasteiger partial charge in [0, 0.05) is 30.1 Å². The van der Waals surface area contributed by atoms with Gasteiger partial charge in [-0.2, -0.15) is 0 Å². The van der Waals surface area contributed by atoms with E-state index in [9.17, 15) is 9.50 Å². The van der Waals surface area contributed by atoms with Crippen LogP contribution in [0.1, 0.15) is 12.0 Å². The van der Waals surface area contributed by atoms with Crippen LogP contribution in [0.2, 0.25) is 0 Å².